The lowest BCUT2D eigenvalue weighted by Gasteiger charge is -2.28. The van der Waals surface area contributed by atoms with Crippen molar-refractivity contribution < 1.29 is 21.9 Å². The zero-order valence-electron chi connectivity index (χ0n) is 18.2. The van der Waals surface area contributed by atoms with Crippen molar-refractivity contribution in [1.29, 1.82) is 0 Å². The van der Waals surface area contributed by atoms with E-state index in [0.29, 0.717) is 43.5 Å². The Morgan fingerprint density at radius 3 is 2.57 bits per heavy atom. The third kappa shape index (κ3) is 4.57. The Kier molecular flexibility index (Phi) is 5.91. The van der Waals surface area contributed by atoms with Gasteiger partial charge in [0, 0.05) is 36.3 Å². The molecule has 0 saturated carbocycles. The van der Waals surface area contributed by atoms with Gasteiger partial charge in [0.2, 0.25) is 0 Å². The number of nitrogens with one attached hydrogen (secondary N) is 2. The highest BCUT2D eigenvalue weighted by Crippen LogP contribution is 2.30. The number of hydrogen-bond donors (Lipinski definition) is 2. The van der Waals surface area contributed by atoms with Crippen molar-refractivity contribution in [1.82, 2.24) is 15.0 Å². The van der Waals surface area contributed by atoms with E-state index in [1.807, 2.05) is 6.07 Å². The predicted molar refractivity (Wildman–Crippen MR) is 126 cm³/mol. The molecular weight excluding hydrogens is 480 g/mol. The molecule has 0 aliphatic carbocycles. The number of anilines is 2. The quantitative estimate of drug-likeness (QED) is 0.434. The molecule has 0 radical (unpaired) electrons. The summed E-state index contributed by atoms with van der Waals surface area (Å²) in [6.07, 6.45) is 2.94. The molecule has 2 aromatic heterocycles. The van der Waals surface area contributed by atoms with E-state index in [0.717, 1.165) is 28.9 Å². The van der Waals surface area contributed by atoms with E-state index in [-0.39, 0.29) is 5.69 Å². The van der Waals surface area contributed by atoms with Gasteiger partial charge in [-0.1, -0.05) is 6.07 Å². The van der Waals surface area contributed by atoms with Crippen molar-refractivity contribution in [3.63, 3.8) is 0 Å². The molecule has 1 aliphatic heterocycles. The minimum Gasteiger partial charge on any atom is -0.378 e. The summed E-state index contributed by atoms with van der Waals surface area (Å²) in [5.74, 6) is -1.44. The number of ether oxygens (including phenoxy) is 1. The first-order chi connectivity index (χ1) is 16.8. The lowest BCUT2D eigenvalue weighted by molar-refractivity contribution is 0.122. The van der Waals surface area contributed by atoms with Gasteiger partial charge in [0.15, 0.2) is 0 Å². The lowest BCUT2D eigenvalue weighted by atomic mass is 10.0. The van der Waals surface area contributed by atoms with Crippen molar-refractivity contribution in [3.05, 3.63) is 77.0 Å². The molecule has 3 heterocycles. The molecule has 0 amide bonds. The van der Waals surface area contributed by atoms with Gasteiger partial charge in [0.1, 0.15) is 34.4 Å². The van der Waals surface area contributed by atoms with Gasteiger partial charge in [0.25, 0.3) is 15.6 Å². The molecule has 4 aromatic rings. The van der Waals surface area contributed by atoms with Crippen LogP contribution >= 0.6 is 0 Å². The third-order valence-electron chi connectivity index (χ3n) is 5.59. The van der Waals surface area contributed by atoms with Crippen LogP contribution < -0.4 is 15.2 Å². The molecule has 0 spiro atoms. The maximum absolute atomic E-state index is 14.1. The predicted octanol–water partition coefficient (Wildman–Crippen LogP) is 2.90. The van der Waals surface area contributed by atoms with Crippen LogP contribution in [0.15, 0.2) is 64.7 Å². The van der Waals surface area contributed by atoms with Crippen LogP contribution in [-0.4, -0.2) is 49.7 Å². The zero-order chi connectivity index (χ0) is 24.6. The molecule has 5 rings (SSSR count). The molecule has 180 valence electrons. The number of hydrogen-bond acceptors (Lipinski definition) is 7. The maximum atomic E-state index is 14.1. The number of pyridine rings is 1. The first-order valence-electron chi connectivity index (χ1n) is 10.6. The average Bonchev–Trinajstić information content (AvgIpc) is 2.85. The topological polar surface area (TPSA) is 117 Å². The molecule has 0 atom stereocenters. The molecule has 1 aliphatic rings. The van der Waals surface area contributed by atoms with Gasteiger partial charge in [-0.3, -0.25) is 9.52 Å². The number of aromatic amines is 1. The summed E-state index contributed by atoms with van der Waals surface area (Å²) in [5, 5.41) is 0.786. The van der Waals surface area contributed by atoms with Crippen LogP contribution in [0.5, 0.6) is 0 Å². The van der Waals surface area contributed by atoms with Gasteiger partial charge in [-0.2, -0.15) is 0 Å². The largest absolute Gasteiger partial charge is 0.378 e. The molecule has 0 bridgehead atoms. The molecule has 1 saturated heterocycles. The molecule has 2 N–H and O–H groups in total. The summed E-state index contributed by atoms with van der Waals surface area (Å²) in [6, 6.07) is 8.85. The number of morpholine rings is 1. The van der Waals surface area contributed by atoms with Crippen LogP contribution in [-0.2, 0) is 14.8 Å². The monoisotopic (exact) mass is 499 g/mol. The van der Waals surface area contributed by atoms with E-state index >= 15 is 0 Å². The Hall–Kier alpha value is -3.90. The Morgan fingerprint density at radius 2 is 1.80 bits per heavy atom. The Morgan fingerprint density at radius 1 is 1.00 bits per heavy atom. The number of halogens is 2. The normalized spacial score (nSPS) is 14.3. The van der Waals surface area contributed by atoms with E-state index in [4.69, 9.17) is 4.74 Å². The van der Waals surface area contributed by atoms with Crippen LogP contribution in [0.25, 0.3) is 22.0 Å². The first kappa shape index (κ1) is 22.9. The molecule has 35 heavy (non-hydrogen) atoms. The summed E-state index contributed by atoms with van der Waals surface area (Å²) in [5.41, 5.74) is 0.858. The smallest absolute Gasteiger partial charge is 0.272 e. The number of aromatic nitrogens is 3. The molecule has 1 fully saturated rings. The summed E-state index contributed by atoms with van der Waals surface area (Å²) >= 11 is 0. The second-order valence-corrected chi connectivity index (χ2v) is 9.49. The standard InChI is InChI=1S/C23H19F2N5O4S/c24-16-2-4-21(18(25)11-16)35(32,33)29-20-10-15(12-26-23(20)31)14-1-3-19-17(9-14)22(28-13-27-19)30-5-7-34-8-6-30/h1-4,9-13,29H,5-8H2,(H,26,31). The van der Waals surface area contributed by atoms with Gasteiger partial charge >= 0.3 is 0 Å². The fourth-order valence-electron chi connectivity index (χ4n) is 3.87. The molecule has 9 nitrogen and oxygen atoms in total. The van der Waals surface area contributed by atoms with Crippen LogP contribution in [0.2, 0.25) is 0 Å². The van der Waals surface area contributed by atoms with Crippen LogP contribution in [0.4, 0.5) is 20.3 Å². The average molecular weight is 499 g/mol. The highest BCUT2D eigenvalue weighted by atomic mass is 32.2. The lowest BCUT2D eigenvalue weighted by Crippen LogP contribution is -2.36. The van der Waals surface area contributed by atoms with Crippen LogP contribution in [0.3, 0.4) is 0 Å². The van der Waals surface area contributed by atoms with E-state index in [9.17, 15) is 22.0 Å². The van der Waals surface area contributed by atoms with Crippen LogP contribution in [0.1, 0.15) is 0 Å². The molecular formula is C23H19F2N5O4S. The maximum Gasteiger partial charge on any atom is 0.272 e. The first-order valence-corrected chi connectivity index (χ1v) is 12.1. The van der Waals surface area contributed by atoms with Gasteiger partial charge in [0.05, 0.1) is 18.7 Å². The summed E-state index contributed by atoms with van der Waals surface area (Å²) in [7, 11) is -4.49. The summed E-state index contributed by atoms with van der Waals surface area (Å²) in [6.45, 7) is 2.54. The van der Waals surface area contributed by atoms with E-state index in [2.05, 4.69) is 24.6 Å². The zero-order valence-corrected chi connectivity index (χ0v) is 19.0. The van der Waals surface area contributed by atoms with Gasteiger partial charge in [-0.15, -0.1) is 0 Å². The summed E-state index contributed by atoms with van der Waals surface area (Å²) in [4.78, 5) is 24.9. The minimum absolute atomic E-state index is 0.316. The Balaban J connectivity index is 1.53. The summed E-state index contributed by atoms with van der Waals surface area (Å²) < 4.78 is 60.1. The second-order valence-electron chi connectivity index (χ2n) is 7.84. The molecule has 12 heteroatoms. The fraction of sp³-hybridized carbons (Fsp3) is 0.174. The van der Waals surface area contributed by atoms with E-state index in [1.165, 1.54) is 18.6 Å². The second kappa shape index (κ2) is 9.04. The fourth-order valence-corrected chi connectivity index (χ4v) is 4.98. The molecule has 2 aromatic carbocycles. The van der Waals surface area contributed by atoms with Crippen molar-refractivity contribution in [2.45, 2.75) is 4.90 Å². The van der Waals surface area contributed by atoms with Gasteiger partial charge in [-0.25, -0.2) is 27.2 Å². The highest BCUT2D eigenvalue weighted by Gasteiger charge is 2.22. The third-order valence-corrected chi connectivity index (χ3v) is 6.99. The number of sulfonamides is 1. The highest BCUT2D eigenvalue weighted by molar-refractivity contribution is 7.92. The number of benzene rings is 2. The van der Waals surface area contributed by atoms with Gasteiger partial charge < -0.3 is 14.6 Å². The molecule has 0 unspecified atom stereocenters. The number of rotatable bonds is 5. The number of fused-ring (bicyclic) bond motifs is 1. The van der Waals surface area contributed by atoms with Gasteiger partial charge in [-0.05, 0) is 35.9 Å². The Labute approximate surface area is 198 Å². The van der Waals surface area contributed by atoms with Crippen LogP contribution in [0, 0.1) is 11.6 Å². The van der Waals surface area contributed by atoms with Crippen molar-refractivity contribution in [2.24, 2.45) is 0 Å². The Bertz CT molecular complexity index is 1590. The van der Waals surface area contributed by atoms with E-state index < -0.39 is 32.1 Å². The number of H-pyrrole nitrogens is 1. The van der Waals surface area contributed by atoms with Crippen molar-refractivity contribution >= 4 is 32.4 Å². The van der Waals surface area contributed by atoms with Crippen molar-refractivity contribution in [2.75, 3.05) is 35.9 Å². The van der Waals surface area contributed by atoms with Crippen molar-refractivity contribution in [3.8, 4) is 11.1 Å². The number of nitrogens with zero attached hydrogens (tertiary/aromatic N) is 3. The SMILES string of the molecule is O=c1[nH]cc(-c2ccc3ncnc(N4CCOCC4)c3c2)cc1NS(=O)(=O)c1ccc(F)cc1F. The minimum atomic E-state index is -4.49. The van der Waals surface area contributed by atoms with E-state index in [1.54, 1.807) is 12.1 Å².